The molecule has 3 nitrogen and oxygen atoms in total. The normalized spacial score (nSPS) is 12.3. The second-order valence-electron chi connectivity index (χ2n) is 2.57. The van der Waals surface area contributed by atoms with Crippen LogP contribution >= 0.6 is 0 Å². The third-order valence-corrected chi connectivity index (χ3v) is 1.70. The molecule has 0 aliphatic carbocycles. The van der Waals surface area contributed by atoms with E-state index in [9.17, 15) is 18.7 Å². The zero-order valence-electron chi connectivity index (χ0n) is 7.33. The molecule has 0 spiro atoms. The molecule has 0 aliphatic heterocycles. The average Bonchev–Trinajstić information content (AvgIpc) is 2.20. The minimum absolute atomic E-state index is 0.433. The van der Waals surface area contributed by atoms with Crippen molar-refractivity contribution in [1.29, 1.82) is 0 Å². The van der Waals surface area contributed by atoms with Gasteiger partial charge >= 0.3 is 5.97 Å². The molecule has 1 aromatic carbocycles. The van der Waals surface area contributed by atoms with Gasteiger partial charge in [0.15, 0.2) is 17.7 Å². The van der Waals surface area contributed by atoms with E-state index in [2.05, 4.69) is 4.74 Å². The lowest BCUT2D eigenvalue weighted by atomic mass is 10.1. The number of aliphatic hydroxyl groups is 1. The first kappa shape index (κ1) is 10.6. The van der Waals surface area contributed by atoms with Gasteiger partial charge in [0.1, 0.15) is 0 Å². The van der Waals surface area contributed by atoms with Crippen LogP contribution in [0.2, 0.25) is 0 Å². The van der Waals surface area contributed by atoms with Crippen LogP contribution in [0.5, 0.6) is 0 Å². The van der Waals surface area contributed by atoms with Gasteiger partial charge in [-0.25, -0.2) is 13.6 Å². The molecule has 1 atom stereocenters. The third kappa shape index (κ3) is 1.88. The van der Waals surface area contributed by atoms with Gasteiger partial charge in [0.25, 0.3) is 0 Å². The van der Waals surface area contributed by atoms with E-state index in [0.717, 1.165) is 19.2 Å². The number of esters is 1. The molecule has 1 N–H and O–H groups in total. The van der Waals surface area contributed by atoms with Gasteiger partial charge in [-0.05, 0) is 6.07 Å². The molecule has 0 bridgehead atoms. The van der Waals surface area contributed by atoms with Crippen LogP contribution in [0.15, 0.2) is 18.2 Å². The summed E-state index contributed by atoms with van der Waals surface area (Å²) < 4.78 is 29.9. The third-order valence-electron chi connectivity index (χ3n) is 1.70. The monoisotopic (exact) mass is 202 g/mol. The van der Waals surface area contributed by atoms with Crippen molar-refractivity contribution in [2.24, 2.45) is 0 Å². The Bertz CT molecular complexity index is 352. The zero-order chi connectivity index (χ0) is 10.7. The van der Waals surface area contributed by atoms with E-state index in [1.807, 2.05) is 0 Å². The van der Waals surface area contributed by atoms with Gasteiger partial charge in [-0.2, -0.15) is 0 Å². The van der Waals surface area contributed by atoms with Crippen molar-refractivity contribution in [2.75, 3.05) is 7.11 Å². The van der Waals surface area contributed by atoms with E-state index in [1.54, 1.807) is 0 Å². The Labute approximate surface area is 78.9 Å². The highest BCUT2D eigenvalue weighted by Gasteiger charge is 2.22. The maximum atomic E-state index is 13.0. The van der Waals surface area contributed by atoms with Crippen molar-refractivity contribution in [3.8, 4) is 0 Å². The van der Waals surface area contributed by atoms with E-state index in [1.165, 1.54) is 6.07 Å². The van der Waals surface area contributed by atoms with Crippen LogP contribution in [0.3, 0.4) is 0 Å². The lowest BCUT2D eigenvalue weighted by molar-refractivity contribution is -0.150. The van der Waals surface area contributed by atoms with Gasteiger partial charge < -0.3 is 9.84 Å². The highest BCUT2D eigenvalue weighted by Crippen LogP contribution is 2.19. The van der Waals surface area contributed by atoms with Gasteiger partial charge in [0, 0.05) is 5.56 Å². The van der Waals surface area contributed by atoms with Crippen LogP contribution < -0.4 is 0 Å². The molecule has 0 radical (unpaired) electrons. The summed E-state index contributed by atoms with van der Waals surface area (Å²) in [4.78, 5) is 10.8. The summed E-state index contributed by atoms with van der Waals surface area (Å²) in [5, 5.41) is 9.21. The molecular formula is C9H8F2O3. The maximum Gasteiger partial charge on any atom is 0.339 e. The van der Waals surface area contributed by atoms with E-state index < -0.39 is 29.3 Å². The summed E-state index contributed by atoms with van der Waals surface area (Å²) in [6.45, 7) is 0. The van der Waals surface area contributed by atoms with Crippen molar-refractivity contribution in [3.63, 3.8) is 0 Å². The fraction of sp³-hybridized carbons (Fsp3) is 0.222. The van der Waals surface area contributed by atoms with Crippen molar-refractivity contribution in [1.82, 2.24) is 0 Å². The molecule has 0 heterocycles. The Hall–Kier alpha value is -1.49. The molecule has 76 valence electrons. The summed E-state index contributed by atoms with van der Waals surface area (Å²) in [5.74, 6) is -3.40. The minimum Gasteiger partial charge on any atom is -0.467 e. The number of carbonyl (C=O) groups excluding carboxylic acids is 1. The second kappa shape index (κ2) is 4.15. The van der Waals surface area contributed by atoms with E-state index in [4.69, 9.17) is 0 Å². The summed E-state index contributed by atoms with van der Waals surface area (Å²) in [6, 6.07) is 3.20. The van der Waals surface area contributed by atoms with Crippen LogP contribution in [0.1, 0.15) is 11.7 Å². The molecule has 0 aliphatic rings. The van der Waals surface area contributed by atoms with Crippen LogP contribution in [-0.4, -0.2) is 18.2 Å². The van der Waals surface area contributed by atoms with Crippen LogP contribution in [0, 0.1) is 11.6 Å². The van der Waals surface area contributed by atoms with Gasteiger partial charge in [-0.1, -0.05) is 12.1 Å². The van der Waals surface area contributed by atoms with Crippen molar-refractivity contribution < 1.29 is 23.4 Å². The largest absolute Gasteiger partial charge is 0.467 e. The number of hydrogen-bond acceptors (Lipinski definition) is 3. The van der Waals surface area contributed by atoms with E-state index in [-0.39, 0.29) is 0 Å². The molecule has 0 amide bonds. The minimum atomic E-state index is -1.80. The molecule has 0 fully saturated rings. The maximum absolute atomic E-state index is 13.0. The first-order valence-corrected chi connectivity index (χ1v) is 3.77. The Morgan fingerprint density at radius 2 is 2.14 bits per heavy atom. The van der Waals surface area contributed by atoms with Crippen molar-refractivity contribution >= 4 is 5.97 Å². The van der Waals surface area contributed by atoms with Crippen LogP contribution in [0.4, 0.5) is 8.78 Å². The number of halogens is 2. The van der Waals surface area contributed by atoms with Crippen molar-refractivity contribution in [2.45, 2.75) is 6.10 Å². The van der Waals surface area contributed by atoms with Crippen LogP contribution in [-0.2, 0) is 9.53 Å². The van der Waals surface area contributed by atoms with Gasteiger partial charge in [0.2, 0.25) is 0 Å². The van der Waals surface area contributed by atoms with Gasteiger partial charge in [-0.3, -0.25) is 0 Å². The Balaban J connectivity index is 3.07. The summed E-state index contributed by atoms with van der Waals surface area (Å²) in [6.07, 6.45) is -1.80. The number of carbonyl (C=O) groups is 1. The van der Waals surface area contributed by atoms with Gasteiger partial charge in [-0.15, -0.1) is 0 Å². The first-order chi connectivity index (χ1) is 6.57. The number of methoxy groups -OCH3 is 1. The summed E-state index contributed by atoms with van der Waals surface area (Å²) in [7, 11) is 1.04. The predicted molar refractivity (Wildman–Crippen MR) is 43.3 cm³/mol. The molecule has 0 aromatic heterocycles. The Morgan fingerprint density at radius 1 is 1.50 bits per heavy atom. The highest BCUT2D eigenvalue weighted by atomic mass is 19.2. The molecule has 0 saturated heterocycles. The second-order valence-corrected chi connectivity index (χ2v) is 2.57. The fourth-order valence-corrected chi connectivity index (χ4v) is 0.970. The molecule has 14 heavy (non-hydrogen) atoms. The highest BCUT2D eigenvalue weighted by molar-refractivity contribution is 5.76. The SMILES string of the molecule is COC(=O)C(O)c1cccc(F)c1F. The average molecular weight is 202 g/mol. The molecular weight excluding hydrogens is 194 g/mol. The topological polar surface area (TPSA) is 46.5 Å². The zero-order valence-corrected chi connectivity index (χ0v) is 7.33. The van der Waals surface area contributed by atoms with E-state index in [0.29, 0.717) is 0 Å². The predicted octanol–water partition coefficient (Wildman–Crippen LogP) is 1.17. The smallest absolute Gasteiger partial charge is 0.339 e. The summed E-state index contributed by atoms with van der Waals surface area (Å²) >= 11 is 0. The number of rotatable bonds is 2. The lowest BCUT2D eigenvalue weighted by Gasteiger charge is -2.09. The summed E-state index contributed by atoms with van der Waals surface area (Å²) in [5.41, 5.74) is -0.433. The molecule has 1 aromatic rings. The van der Waals surface area contributed by atoms with Crippen molar-refractivity contribution in [3.05, 3.63) is 35.4 Å². The molecule has 1 rings (SSSR count). The lowest BCUT2D eigenvalue weighted by Crippen LogP contribution is -2.15. The standard InChI is InChI=1S/C9H8F2O3/c1-14-9(13)8(12)5-3-2-4-6(10)7(5)11/h2-4,8,12H,1H3. The van der Waals surface area contributed by atoms with E-state index >= 15 is 0 Å². The van der Waals surface area contributed by atoms with Gasteiger partial charge in [0.05, 0.1) is 7.11 Å². The fourth-order valence-electron chi connectivity index (χ4n) is 0.970. The Morgan fingerprint density at radius 3 is 2.71 bits per heavy atom. The number of benzene rings is 1. The number of aliphatic hydroxyl groups excluding tert-OH is 1. The molecule has 5 heteroatoms. The number of hydrogen-bond donors (Lipinski definition) is 1. The number of ether oxygens (including phenoxy) is 1. The quantitative estimate of drug-likeness (QED) is 0.732. The first-order valence-electron chi connectivity index (χ1n) is 3.77. The molecule has 0 saturated carbocycles. The van der Waals surface area contributed by atoms with Crippen LogP contribution in [0.25, 0.3) is 0 Å². The Kier molecular flexibility index (Phi) is 3.14. The molecule has 1 unspecified atom stereocenters.